The Kier molecular flexibility index (Phi) is 27.0. The smallest absolute Gasteiger partial charge is 0.496 e. The van der Waals surface area contributed by atoms with Crippen LogP contribution in [0, 0.1) is 22.7 Å². The van der Waals surface area contributed by atoms with Gasteiger partial charge < -0.3 is 58.4 Å². The van der Waals surface area contributed by atoms with Gasteiger partial charge in [-0.15, -0.1) is 0 Å². The summed E-state index contributed by atoms with van der Waals surface area (Å²) < 4.78 is 102. The number of halogens is 8. The molecule has 0 radical (unpaired) electrons. The molecule has 0 heterocycles. The largest absolute Gasteiger partial charge is 2.00 e. The van der Waals surface area contributed by atoms with Gasteiger partial charge >= 0.3 is 34.9 Å². The van der Waals surface area contributed by atoms with Crippen LogP contribution in [-0.4, -0.2) is 55.5 Å². The van der Waals surface area contributed by atoms with Gasteiger partial charge in [-0.3, -0.25) is 0 Å². The Bertz CT molecular complexity index is 1820. The Morgan fingerprint density at radius 3 is 0.867 bits per heavy atom. The minimum atomic E-state index is -6.00. The van der Waals surface area contributed by atoms with Crippen molar-refractivity contribution in [3.63, 3.8) is 0 Å². The molecule has 5 aromatic rings. The maximum Gasteiger partial charge on any atom is 2.00 e. The van der Waals surface area contributed by atoms with Gasteiger partial charge in [0.05, 0.1) is 40.6 Å². The minimum Gasteiger partial charge on any atom is -0.496 e. The van der Waals surface area contributed by atoms with Crippen molar-refractivity contribution in [1.82, 2.24) is 0 Å². The third-order valence-corrected chi connectivity index (χ3v) is 12.3. The Morgan fingerprint density at radius 1 is 0.450 bits per heavy atom. The number of nitriles is 2. The summed E-state index contributed by atoms with van der Waals surface area (Å²) in [5.41, 5.74) is 1.15. The van der Waals surface area contributed by atoms with E-state index in [9.17, 15) is 34.5 Å². The number of benzene rings is 5. The molecule has 0 fully saturated rings. The van der Waals surface area contributed by atoms with Gasteiger partial charge in [-0.25, -0.2) is 0 Å². The zero-order valence-corrected chi connectivity index (χ0v) is 36.7. The summed E-state index contributed by atoms with van der Waals surface area (Å²) in [4.78, 5) is 2.51. The first kappa shape index (κ1) is 55.2. The topological polar surface area (TPSA) is 87.7 Å². The van der Waals surface area contributed by atoms with Crippen LogP contribution >= 0.6 is 15.8 Å². The Hall–Kier alpha value is -4.83. The van der Waals surface area contributed by atoms with E-state index in [2.05, 4.69) is 83.8 Å². The molecular weight excluding hydrogens is 928 g/mol. The van der Waals surface area contributed by atoms with E-state index in [0.29, 0.717) is 0 Å². The van der Waals surface area contributed by atoms with Crippen LogP contribution < -0.4 is 45.1 Å². The Labute approximate surface area is 362 Å². The van der Waals surface area contributed by atoms with Gasteiger partial charge in [0.15, 0.2) is 0 Å². The van der Waals surface area contributed by atoms with Gasteiger partial charge in [-0.2, -0.15) is 10.5 Å². The van der Waals surface area contributed by atoms with Crippen molar-refractivity contribution in [2.24, 2.45) is 0 Å². The predicted molar refractivity (Wildman–Crippen MR) is 226 cm³/mol. The van der Waals surface area contributed by atoms with Crippen LogP contribution in [0.1, 0.15) is 13.8 Å². The van der Waals surface area contributed by atoms with E-state index in [0.717, 1.165) is 41.3 Å². The zero-order chi connectivity index (χ0) is 44.4. The molecule has 0 bridgehead atoms. The second-order valence-electron chi connectivity index (χ2n) is 11.1. The average molecular weight is 972 g/mol. The quantitative estimate of drug-likeness (QED) is 0.0660. The van der Waals surface area contributed by atoms with Crippen LogP contribution in [0.2, 0.25) is 0 Å². The van der Waals surface area contributed by atoms with Gasteiger partial charge in [-0.1, -0.05) is 91.0 Å². The number of anilines is 1. The molecule has 0 amide bonds. The molecule has 5 aromatic carbocycles. The van der Waals surface area contributed by atoms with E-state index in [4.69, 9.17) is 29.5 Å². The van der Waals surface area contributed by atoms with Crippen molar-refractivity contribution in [2.75, 3.05) is 45.9 Å². The summed E-state index contributed by atoms with van der Waals surface area (Å²) in [7, 11) is -6.90. The van der Waals surface area contributed by atoms with Gasteiger partial charge in [0.1, 0.15) is 23.0 Å². The standard InChI is InChI=1S/C36H37NO4P2.2C2H3N.2BF4.Pd/c1-38-29-18-8-12-22-33(29)42(34-23-13-9-19-30(34)39-2)26-37(28-16-6-5-7-17-28)27-43(35-24-14-10-20-31(35)40-3)36-25-15-11-21-32(36)41-4;2*1-2-3;2*2-1(3,4)5;/h5-25H,26-27H2,1-4H3;2*1H3;;;/q;;;2*-1;+2. The normalized spacial score (nSPS) is 10.1. The van der Waals surface area contributed by atoms with Gasteiger partial charge in [0, 0.05) is 53.3 Å². The molecule has 20 heteroatoms. The Morgan fingerprint density at radius 2 is 0.650 bits per heavy atom. The maximum atomic E-state index is 9.75. The molecule has 60 heavy (non-hydrogen) atoms. The number of rotatable bonds is 13. The number of para-hydroxylation sites is 5. The first-order chi connectivity index (χ1) is 28.0. The molecule has 0 spiro atoms. The summed E-state index contributed by atoms with van der Waals surface area (Å²) in [6, 6.07) is 47.5. The van der Waals surface area contributed by atoms with Crippen LogP contribution in [0.15, 0.2) is 127 Å². The molecule has 0 atom stereocenters. The molecule has 0 N–H and O–H groups in total. The van der Waals surface area contributed by atoms with E-state index in [-0.39, 0.29) is 20.4 Å². The fraction of sp³-hybridized carbons (Fsp3) is 0.200. The predicted octanol–water partition coefficient (Wildman–Crippen LogP) is 10.4. The van der Waals surface area contributed by atoms with E-state index < -0.39 is 30.4 Å². The monoisotopic (exact) mass is 971 g/mol. The molecule has 0 unspecified atom stereocenters. The zero-order valence-electron chi connectivity index (χ0n) is 33.4. The second kappa shape index (κ2) is 29.4. The fourth-order valence-corrected chi connectivity index (χ4v) is 10.5. The molecule has 7 nitrogen and oxygen atoms in total. The van der Waals surface area contributed by atoms with E-state index in [1.165, 1.54) is 35.1 Å². The van der Waals surface area contributed by atoms with Crippen molar-refractivity contribution < 1.29 is 73.9 Å². The van der Waals surface area contributed by atoms with Crippen LogP contribution in [0.5, 0.6) is 23.0 Å². The Balaban J connectivity index is 0.00000176. The number of nitrogens with zero attached hydrogens (tertiary/aromatic N) is 3. The molecular formula is C40H43B2F8N3O4P2Pd. The fourth-order valence-electron chi connectivity index (χ4n) is 5.16. The van der Waals surface area contributed by atoms with Crippen LogP contribution in [-0.2, 0) is 20.4 Å². The minimum absolute atomic E-state index is 0. The summed E-state index contributed by atoms with van der Waals surface area (Å²) in [5, 5.41) is 19.3. The first-order valence-corrected chi connectivity index (χ1v) is 20.3. The molecule has 0 saturated heterocycles. The number of methoxy groups -OCH3 is 4. The second-order valence-corrected chi connectivity index (χ2v) is 15.3. The van der Waals surface area contributed by atoms with Crippen molar-refractivity contribution in [3.05, 3.63) is 127 Å². The van der Waals surface area contributed by atoms with Crippen LogP contribution in [0.3, 0.4) is 0 Å². The van der Waals surface area contributed by atoms with Gasteiger partial charge in [0.2, 0.25) is 0 Å². The van der Waals surface area contributed by atoms with Crippen LogP contribution in [0.4, 0.5) is 40.2 Å². The van der Waals surface area contributed by atoms with E-state index >= 15 is 0 Å². The SMILES string of the molecule is CC#N.CC#N.COc1ccccc1P(CN(CP(c1ccccc1OC)c1ccccc1OC)c1ccccc1)c1ccccc1OC.F[B-](F)(F)F.F[B-](F)(F)F.[Pd+2]. The van der Waals surface area contributed by atoms with Crippen molar-refractivity contribution in [1.29, 1.82) is 10.5 Å². The maximum absolute atomic E-state index is 9.75. The van der Waals surface area contributed by atoms with Crippen molar-refractivity contribution in [3.8, 4) is 35.1 Å². The number of ether oxygens (including phenoxy) is 4. The molecule has 324 valence electrons. The molecule has 0 aromatic heterocycles. The molecule has 0 aliphatic rings. The number of hydrogen-bond acceptors (Lipinski definition) is 7. The number of hydrogen-bond donors (Lipinski definition) is 0. The molecule has 0 saturated carbocycles. The van der Waals surface area contributed by atoms with E-state index in [1.807, 2.05) is 48.5 Å². The third-order valence-electron chi connectivity index (χ3n) is 7.25. The van der Waals surface area contributed by atoms with Crippen molar-refractivity contribution in [2.45, 2.75) is 13.8 Å². The molecule has 0 aliphatic carbocycles. The molecule has 5 rings (SSSR count). The van der Waals surface area contributed by atoms with Gasteiger partial charge in [-0.05, 0) is 52.2 Å². The first-order valence-electron chi connectivity index (χ1n) is 17.2. The van der Waals surface area contributed by atoms with Crippen LogP contribution in [0.25, 0.3) is 0 Å². The summed E-state index contributed by atoms with van der Waals surface area (Å²) in [5.74, 6) is 3.52. The third kappa shape index (κ3) is 20.9. The van der Waals surface area contributed by atoms with Crippen molar-refractivity contribution >= 4 is 57.3 Å². The molecule has 0 aliphatic heterocycles. The van der Waals surface area contributed by atoms with Gasteiger partial charge in [0.25, 0.3) is 0 Å². The average Bonchev–Trinajstić information content (AvgIpc) is 3.21. The summed E-state index contributed by atoms with van der Waals surface area (Å²) in [6.07, 6.45) is 1.51. The summed E-state index contributed by atoms with van der Waals surface area (Å²) in [6.45, 7) is 2.86. The van der Waals surface area contributed by atoms with E-state index in [1.54, 1.807) is 40.6 Å². The summed E-state index contributed by atoms with van der Waals surface area (Å²) >= 11 is 0.